The molecule has 0 aromatic rings. The Bertz CT molecular complexity index is 921. The topological polar surface area (TPSA) is 117 Å². The fourth-order valence-corrected chi connectivity index (χ4v) is 6.24. The van der Waals surface area contributed by atoms with Crippen molar-refractivity contribution >= 4 is 13.8 Å². The molecule has 0 spiro atoms. The van der Waals surface area contributed by atoms with Crippen molar-refractivity contribution in [2.45, 2.75) is 180 Å². The summed E-state index contributed by atoms with van der Waals surface area (Å²) in [5.74, 6) is -0.344. The Morgan fingerprint density at radius 3 is 1.67 bits per heavy atom. The molecule has 0 radical (unpaired) electrons. The number of rotatable bonds is 39. The Labute approximate surface area is 313 Å². The van der Waals surface area contributed by atoms with E-state index in [2.05, 4.69) is 62.5 Å². The number of esters is 1. The number of unbranched alkanes of at least 4 members (excludes halogenated alkanes) is 18. The molecule has 3 N–H and O–H groups in total. The van der Waals surface area contributed by atoms with Crippen LogP contribution in [0.1, 0.15) is 174 Å². The molecule has 0 rings (SSSR count). The van der Waals surface area contributed by atoms with Crippen molar-refractivity contribution in [2.24, 2.45) is 5.73 Å². The van der Waals surface area contributed by atoms with Gasteiger partial charge in [-0.3, -0.25) is 13.8 Å². The van der Waals surface area contributed by atoms with E-state index < -0.39 is 13.9 Å². The van der Waals surface area contributed by atoms with Gasteiger partial charge in [0.05, 0.1) is 19.8 Å². The van der Waals surface area contributed by atoms with Gasteiger partial charge in [-0.05, 0) is 70.6 Å². The Morgan fingerprint density at radius 2 is 1.10 bits per heavy atom. The van der Waals surface area contributed by atoms with E-state index in [0.29, 0.717) is 13.0 Å². The van der Waals surface area contributed by atoms with Gasteiger partial charge in [-0.2, -0.15) is 0 Å². The van der Waals surface area contributed by atoms with Crippen LogP contribution in [0.5, 0.6) is 0 Å². The highest BCUT2D eigenvalue weighted by Gasteiger charge is 2.25. The summed E-state index contributed by atoms with van der Waals surface area (Å²) < 4.78 is 33.4. The van der Waals surface area contributed by atoms with Gasteiger partial charge in [0.2, 0.25) is 0 Å². The lowest BCUT2D eigenvalue weighted by molar-refractivity contribution is -0.154. The van der Waals surface area contributed by atoms with Crippen molar-refractivity contribution in [1.82, 2.24) is 0 Å². The van der Waals surface area contributed by atoms with Gasteiger partial charge >= 0.3 is 13.8 Å². The summed E-state index contributed by atoms with van der Waals surface area (Å²) >= 11 is 0. The van der Waals surface area contributed by atoms with Crippen LogP contribution in [0.15, 0.2) is 48.6 Å². The maximum atomic E-state index is 12.6. The number of phosphoric acid groups is 1. The van der Waals surface area contributed by atoms with Crippen LogP contribution in [0.3, 0.4) is 0 Å². The summed E-state index contributed by atoms with van der Waals surface area (Å²) in [5, 5.41) is 0. The molecular weight excluding hydrogens is 661 g/mol. The second-order valence-corrected chi connectivity index (χ2v) is 14.9. The number of carbonyl (C=O) groups excluding carboxylic acids is 1. The van der Waals surface area contributed by atoms with Crippen molar-refractivity contribution < 1.29 is 32.8 Å². The minimum absolute atomic E-state index is 0.0961. The second kappa shape index (κ2) is 39.7. The molecule has 0 bridgehead atoms. The molecule has 0 aliphatic rings. The van der Waals surface area contributed by atoms with E-state index in [1.165, 1.54) is 96.3 Å². The zero-order valence-corrected chi connectivity index (χ0v) is 33.7. The number of phosphoric ester groups is 1. The lowest BCUT2D eigenvalue weighted by atomic mass is 10.1. The largest absolute Gasteiger partial charge is 0.472 e. The first kappa shape index (κ1) is 49.5. The number of carbonyl (C=O) groups is 1. The molecule has 0 saturated carbocycles. The molecule has 0 aromatic carbocycles. The Kier molecular flexibility index (Phi) is 38.5. The van der Waals surface area contributed by atoms with Gasteiger partial charge in [0.1, 0.15) is 6.10 Å². The molecular formula is C42H78NO7P. The van der Waals surface area contributed by atoms with Gasteiger partial charge in [-0.15, -0.1) is 0 Å². The van der Waals surface area contributed by atoms with Crippen molar-refractivity contribution in [2.75, 3.05) is 33.0 Å². The van der Waals surface area contributed by atoms with Crippen LogP contribution in [-0.4, -0.2) is 49.9 Å². The van der Waals surface area contributed by atoms with Gasteiger partial charge in [0.25, 0.3) is 0 Å². The lowest BCUT2D eigenvalue weighted by Crippen LogP contribution is -2.28. The molecule has 298 valence electrons. The highest BCUT2D eigenvalue weighted by molar-refractivity contribution is 7.47. The average Bonchev–Trinajstić information content (AvgIpc) is 3.12. The van der Waals surface area contributed by atoms with E-state index in [-0.39, 0.29) is 32.3 Å². The van der Waals surface area contributed by atoms with Crippen molar-refractivity contribution in [1.29, 1.82) is 0 Å². The van der Waals surface area contributed by atoms with E-state index in [9.17, 15) is 14.3 Å². The summed E-state index contributed by atoms with van der Waals surface area (Å²) in [7, 11) is -4.28. The highest BCUT2D eigenvalue weighted by atomic mass is 31.2. The number of hydrogen-bond acceptors (Lipinski definition) is 7. The zero-order chi connectivity index (χ0) is 37.4. The number of ether oxygens (including phenoxy) is 2. The summed E-state index contributed by atoms with van der Waals surface area (Å²) in [4.78, 5) is 22.4. The first-order valence-corrected chi connectivity index (χ1v) is 22.1. The highest BCUT2D eigenvalue weighted by Crippen LogP contribution is 2.43. The van der Waals surface area contributed by atoms with Crippen LogP contribution in [0, 0.1) is 0 Å². The van der Waals surface area contributed by atoms with Gasteiger partial charge in [0, 0.05) is 19.6 Å². The van der Waals surface area contributed by atoms with Gasteiger partial charge in [0.15, 0.2) is 0 Å². The SMILES string of the molecule is CC/C=C\C/C=C\C/C=C\CCCCCCCCCC(=O)OC(COCCCCCCCC/C=C\CCCCCCC)COP(=O)(O)OCCN. The molecule has 51 heavy (non-hydrogen) atoms. The Hall–Kier alpha value is -1.54. The van der Waals surface area contributed by atoms with E-state index in [0.717, 1.165) is 57.8 Å². The van der Waals surface area contributed by atoms with Crippen LogP contribution in [0.4, 0.5) is 0 Å². The number of allylic oxidation sites excluding steroid dienone is 8. The van der Waals surface area contributed by atoms with Gasteiger partial charge in [-0.25, -0.2) is 4.57 Å². The molecule has 0 heterocycles. The predicted molar refractivity (Wildman–Crippen MR) is 215 cm³/mol. The maximum absolute atomic E-state index is 12.6. The van der Waals surface area contributed by atoms with Crippen LogP contribution in [-0.2, 0) is 27.9 Å². The van der Waals surface area contributed by atoms with Crippen molar-refractivity contribution in [3.63, 3.8) is 0 Å². The van der Waals surface area contributed by atoms with E-state index in [1.807, 2.05) is 0 Å². The summed E-state index contributed by atoms with van der Waals surface area (Å²) in [6, 6.07) is 0. The predicted octanol–water partition coefficient (Wildman–Crippen LogP) is 12.0. The number of hydrogen-bond donors (Lipinski definition) is 2. The third-order valence-corrected chi connectivity index (χ3v) is 9.46. The fraction of sp³-hybridized carbons (Fsp3) is 0.786. The molecule has 0 aromatic heterocycles. The van der Waals surface area contributed by atoms with E-state index in [1.54, 1.807) is 0 Å². The standard InChI is InChI=1S/C42H78NO7P/c1-3-5-7-9-11-13-15-17-19-20-21-23-25-27-29-31-33-35-42(44)50-41(40-49-51(45,46)48-38-36-43)39-47-37-34-32-30-28-26-24-22-18-16-14-12-10-8-6-4-2/h5,7,11,13,16-19,41H,3-4,6,8-10,12,14-15,20-40,43H2,1-2H3,(H,45,46)/b7-5-,13-11-,18-16-,19-17-. The number of nitrogens with two attached hydrogens (primary N) is 1. The van der Waals surface area contributed by atoms with Crippen molar-refractivity contribution in [3.05, 3.63) is 48.6 Å². The van der Waals surface area contributed by atoms with Gasteiger partial charge in [-0.1, -0.05) is 146 Å². The quantitative estimate of drug-likeness (QED) is 0.0277. The van der Waals surface area contributed by atoms with Gasteiger partial charge < -0.3 is 20.1 Å². The molecule has 0 amide bonds. The minimum Gasteiger partial charge on any atom is -0.457 e. The summed E-state index contributed by atoms with van der Waals surface area (Å²) in [6.07, 6.45) is 45.5. The molecule has 0 fully saturated rings. The molecule has 0 saturated heterocycles. The van der Waals surface area contributed by atoms with Crippen LogP contribution < -0.4 is 5.73 Å². The maximum Gasteiger partial charge on any atom is 0.472 e. The summed E-state index contributed by atoms with van der Waals surface area (Å²) in [6.45, 7) is 4.77. The fourth-order valence-electron chi connectivity index (χ4n) is 5.48. The summed E-state index contributed by atoms with van der Waals surface area (Å²) in [5.41, 5.74) is 5.36. The molecule has 8 nitrogen and oxygen atoms in total. The monoisotopic (exact) mass is 740 g/mol. The molecule has 2 atom stereocenters. The molecule has 9 heteroatoms. The zero-order valence-electron chi connectivity index (χ0n) is 32.8. The van der Waals surface area contributed by atoms with E-state index >= 15 is 0 Å². The average molecular weight is 740 g/mol. The molecule has 0 aliphatic heterocycles. The minimum atomic E-state index is -4.28. The molecule has 0 aliphatic carbocycles. The molecule has 2 unspecified atom stereocenters. The normalized spacial score (nSPS) is 14.0. The third kappa shape index (κ3) is 39.5. The van der Waals surface area contributed by atoms with Crippen LogP contribution in [0.2, 0.25) is 0 Å². The second-order valence-electron chi connectivity index (χ2n) is 13.5. The first-order valence-electron chi connectivity index (χ1n) is 20.6. The smallest absolute Gasteiger partial charge is 0.457 e. The van der Waals surface area contributed by atoms with Crippen LogP contribution in [0.25, 0.3) is 0 Å². The lowest BCUT2D eigenvalue weighted by Gasteiger charge is -2.20. The Morgan fingerprint density at radius 1 is 0.608 bits per heavy atom. The van der Waals surface area contributed by atoms with Crippen LogP contribution >= 0.6 is 7.82 Å². The Balaban J connectivity index is 4.08. The van der Waals surface area contributed by atoms with Crippen molar-refractivity contribution in [3.8, 4) is 0 Å². The third-order valence-electron chi connectivity index (χ3n) is 8.48. The first-order chi connectivity index (χ1) is 24.9. The van der Waals surface area contributed by atoms with E-state index in [4.69, 9.17) is 24.3 Å².